The Balaban J connectivity index is 1.96. The highest BCUT2D eigenvalue weighted by atomic mass is 16.3. The first-order chi connectivity index (χ1) is 46.0. The summed E-state index contributed by atoms with van der Waals surface area (Å²) in [6, 6.07) is 5.04. The molecule has 25 nitrogen and oxygen atoms in total. The van der Waals surface area contributed by atoms with Gasteiger partial charge in [-0.15, -0.1) is 0 Å². The molecule has 11 atom stereocenters. The van der Waals surface area contributed by atoms with Crippen LogP contribution in [0.2, 0.25) is 0 Å². The molecule has 0 spiro atoms. The number of aryl methyl sites for hydroxylation is 1. The number of hydrogen-bond donors (Lipinski definition) is 6. The fourth-order valence-electron chi connectivity index (χ4n) is 12.7. The zero-order valence-electron chi connectivity index (χ0n) is 61.6. The summed E-state index contributed by atoms with van der Waals surface area (Å²) in [6.45, 7) is 21.3. The van der Waals surface area contributed by atoms with Gasteiger partial charge in [0.2, 0.25) is 70.9 Å². The molecule has 98 heavy (non-hydrogen) atoms. The van der Waals surface area contributed by atoms with Gasteiger partial charge in [0, 0.05) is 61.8 Å². The smallest absolute Gasteiger partial charge is 0.248 e. The number of nitrogens with one attached hydrogen (secondary N) is 5. The lowest BCUT2D eigenvalue weighted by Crippen LogP contribution is -2.62. The maximum atomic E-state index is 15.5. The molecule has 12 amide bonds. The Morgan fingerprint density at radius 2 is 0.908 bits per heavy atom. The van der Waals surface area contributed by atoms with Gasteiger partial charge in [-0.2, -0.15) is 0 Å². The Hall–Kier alpha value is -7.96. The van der Waals surface area contributed by atoms with Crippen molar-refractivity contribution in [2.24, 2.45) is 29.6 Å². The number of hydrogen-bond acceptors (Lipinski definition) is 13. The second-order valence-electron chi connectivity index (χ2n) is 29.0. The predicted octanol–water partition coefficient (Wildman–Crippen LogP) is 3.93. The van der Waals surface area contributed by atoms with Gasteiger partial charge in [0.05, 0.1) is 19.1 Å². The number of likely N-dealkylation sites (N-methyl/N-ethyl adjacent to an activating group) is 6. The van der Waals surface area contributed by atoms with Gasteiger partial charge in [-0.05, 0) is 112 Å². The largest absolute Gasteiger partial charge is 0.391 e. The summed E-state index contributed by atoms with van der Waals surface area (Å²) < 4.78 is 0. The second-order valence-corrected chi connectivity index (χ2v) is 29.0. The predicted molar refractivity (Wildman–Crippen MR) is 375 cm³/mol. The summed E-state index contributed by atoms with van der Waals surface area (Å²) in [4.78, 5) is 187. The van der Waals surface area contributed by atoms with E-state index in [9.17, 15) is 38.7 Å². The van der Waals surface area contributed by atoms with Crippen molar-refractivity contribution in [1.29, 1.82) is 0 Å². The molecule has 2 fully saturated rings. The summed E-state index contributed by atoms with van der Waals surface area (Å²) in [5, 5.41) is 25.3. The number of aliphatic hydroxyl groups is 1. The van der Waals surface area contributed by atoms with Crippen molar-refractivity contribution in [3.8, 4) is 0 Å². The van der Waals surface area contributed by atoms with Gasteiger partial charge in [0.1, 0.15) is 60.4 Å². The minimum absolute atomic E-state index is 0.0106. The van der Waals surface area contributed by atoms with E-state index in [2.05, 4.69) is 26.6 Å². The lowest BCUT2D eigenvalue weighted by Gasteiger charge is -2.38. The van der Waals surface area contributed by atoms with Gasteiger partial charge in [0.15, 0.2) is 0 Å². The molecule has 0 bridgehead atoms. The lowest BCUT2D eigenvalue weighted by molar-refractivity contribution is -0.150. The molecule has 2 aliphatic rings. The number of rotatable bonds is 17. The molecule has 2 saturated heterocycles. The van der Waals surface area contributed by atoms with E-state index in [-0.39, 0.29) is 68.6 Å². The van der Waals surface area contributed by atoms with Gasteiger partial charge in [-0.1, -0.05) is 137 Å². The molecule has 0 unspecified atom stereocenters. The first kappa shape index (κ1) is 82.5. The van der Waals surface area contributed by atoms with E-state index in [1.807, 2.05) is 85.7 Å². The van der Waals surface area contributed by atoms with Crippen molar-refractivity contribution in [2.45, 2.75) is 227 Å². The molecule has 0 saturated carbocycles. The van der Waals surface area contributed by atoms with Crippen molar-refractivity contribution in [1.82, 2.24) is 60.9 Å². The van der Waals surface area contributed by atoms with E-state index in [1.54, 1.807) is 56.0 Å². The third-order valence-corrected chi connectivity index (χ3v) is 18.6. The summed E-state index contributed by atoms with van der Waals surface area (Å²) in [5.41, 5.74) is 1.51. The van der Waals surface area contributed by atoms with Gasteiger partial charge in [-0.3, -0.25) is 57.5 Å². The molecule has 2 aliphatic heterocycles. The third kappa shape index (κ3) is 23.9. The molecule has 0 aromatic heterocycles. The van der Waals surface area contributed by atoms with E-state index in [1.165, 1.54) is 68.8 Å². The minimum atomic E-state index is -1.64. The standard InChI is InChI=1S/C73H116N12O13/c1-19-55-64(89)78-63(49(12)86)72(97)79(13)43-61(88)80(14)57(39-46(6)7)66(91)75-53(38-45(4)5)69(94)84(18)59(41-51-31-25-21-26-32-51)71(96)83(17)58(40-47(8)9)67(92)76-54(70(95)85-35-27-22-28-36-85)42-60(87)77-62(48(10)11)73(98)82(16)56(34-33-50-29-23-20-24-30-50)65(90)74-52(37-44(2)3)68(93)81(55)15/h20-21,23-26,29-32,44-49,52-59,62-63,86H,19,22,27-28,33-43H2,1-18H3,(H,74,90)(H,75,91)(H,76,92)(H,77,87)(H,78,89)/t49-,52+,53+,54+,55+,56+,57+,58+,59+,62-,63+/m1/s1. The second kappa shape index (κ2) is 39.0. The number of benzene rings is 2. The van der Waals surface area contributed by atoms with Crippen LogP contribution in [0.25, 0.3) is 0 Å². The first-order valence-corrected chi connectivity index (χ1v) is 35.1. The van der Waals surface area contributed by atoms with Gasteiger partial charge in [0.25, 0.3) is 0 Å². The molecule has 4 rings (SSSR count). The highest BCUT2D eigenvalue weighted by molar-refractivity contribution is 6.00. The Kier molecular flexibility index (Phi) is 32.8. The van der Waals surface area contributed by atoms with Crippen LogP contribution in [0.5, 0.6) is 0 Å². The van der Waals surface area contributed by atoms with E-state index in [4.69, 9.17) is 0 Å². The van der Waals surface area contributed by atoms with Gasteiger partial charge >= 0.3 is 0 Å². The zero-order valence-corrected chi connectivity index (χ0v) is 61.6. The topological polar surface area (TPSA) is 308 Å². The molecule has 546 valence electrons. The van der Waals surface area contributed by atoms with Crippen LogP contribution in [0.1, 0.15) is 158 Å². The van der Waals surface area contributed by atoms with Crippen LogP contribution in [-0.2, 0) is 70.4 Å². The molecular formula is C73H116N12O13. The van der Waals surface area contributed by atoms with Crippen LogP contribution in [0.3, 0.4) is 0 Å². The summed E-state index contributed by atoms with van der Waals surface area (Å²) in [7, 11) is 8.41. The normalized spacial score (nSPS) is 25.3. The number of aliphatic hydroxyl groups excluding tert-OH is 1. The maximum absolute atomic E-state index is 15.5. The molecule has 0 radical (unpaired) electrons. The maximum Gasteiger partial charge on any atom is 0.248 e. The van der Waals surface area contributed by atoms with E-state index >= 15 is 24.0 Å². The number of piperidine rings is 1. The molecule has 6 N–H and O–H groups in total. The van der Waals surface area contributed by atoms with Gasteiger partial charge in [-0.25, -0.2) is 0 Å². The van der Waals surface area contributed by atoms with Crippen LogP contribution in [0.15, 0.2) is 60.7 Å². The Labute approximate surface area is 582 Å². The molecule has 25 heteroatoms. The Morgan fingerprint density at radius 1 is 0.469 bits per heavy atom. The van der Waals surface area contributed by atoms with E-state index in [0.29, 0.717) is 37.9 Å². The number of carbonyl (C=O) groups excluding carboxylic acids is 12. The average Bonchev–Trinajstić information content (AvgIpc) is 0.833. The molecular weight excluding hydrogens is 1250 g/mol. The van der Waals surface area contributed by atoms with Crippen LogP contribution in [0, 0.1) is 29.6 Å². The van der Waals surface area contributed by atoms with Crippen molar-refractivity contribution in [3.63, 3.8) is 0 Å². The highest BCUT2D eigenvalue weighted by Gasteiger charge is 2.43. The summed E-state index contributed by atoms with van der Waals surface area (Å²) in [5.74, 6) is -9.90. The van der Waals surface area contributed by atoms with E-state index in [0.717, 1.165) is 21.8 Å². The number of carbonyl (C=O) groups is 12. The van der Waals surface area contributed by atoms with Crippen molar-refractivity contribution in [2.75, 3.05) is 61.9 Å². The van der Waals surface area contributed by atoms with Crippen LogP contribution in [0.4, 0.5) is 0 Å². The Bertz CT molecular complexity index is 3010. The zero-order chi connectivity index (χ0) is 73.6. The summed E-state index contributed by atoms with van der Waals surface area (Å²) >= 11 is 0. The monoisotopic (exact) mass is 1370 g/mol. The van der Waals surface area contributed by atoms with Crippen LogP contribution in [-0.4, -0.2) is 239 Å². The fourth-order valence-corrected chi connectivity index (χ4v) is 12.7. The lowest BCUT2D eigenvalue weighted by atomic mass is 9.96. The third-order valence-electron chi connectivity index (χ3n) is 18.6. The highest BCUT2D eigenvalue weighted by Crippen LogP contribution is 2.23. The average molecular weight is 1370 g/mol. The SMILES string of the molecule is CC[C@H]1C(=O)N[C@@H]([C@@H](C)O)C(=O)N(C)CC(=O)N(C)[C@@H](CC(C)C)C(=O)N[C@@H](CC(C)C)C(=O)N(C)[C@@H](Cc2ccccc2)C(=O)N(C)[C@@H](CC(C)C)C(=O)N[C@H](C(=O)N2CCCCC2)CC(=O)N[C@H](C(C)C)C(=O)N(C)[C@@H](CCc2ccccc2)C(=O)N[C@@H](CC(C)C)C(=O)N1C. The molecule has 0 aliphatic carbocycles. The fraction of sp³-hybridized carbons (Fsp3) is 0.671. The quantitative estimate of drug-likeness (QED) is 0.131. The van der Waals surface area contributed by atoms with E-state index < -0.39 is 156 Å². The number of likely N-dealkylation sites (tertiary alicyclic amines) is 1. The number of nitrogens with zero attached hydrogens (tertiary/aromatic N) is 7. The minimum Gasteiger partial charge on any atom is -0.391 e. The van der Waals surface area contributed by atoms with Crippen molar-refractivity contribution >= 4 is 70.9 Å². The number of amides is 12. The van der Waals surface area contributed by atoms with Crippen molar-refractivity contribution in [3.05, 3.63) is 71.8 Å². The Morgan fingerprint density at radius 3 is 1.39 bits per heavy atom. The van der Waals surface area contributed by atoms with Gasteiger partial charge < -0.3 is 66.0 Å². The van der Waals surface area contributed by atoms with Crippen LogP contribution >= 0.6 is 0 Å². The van der Waals surface area contributed by atoms with Crippen LogP contribution < -0.4 is 26.6 Å². The first-order valence-electron chi connectivity index (χ1n) is 35.1. The molecule has 2 aromatic carbocycles. The summed E-state index contributed by atoms with van der Waals surface area (Å²) in [6.07, 6.45) is 0.785. The molecule has 2 aromatic rings. The molecule has 2 heterocycles. The van der Waals surface area contributed by atoms with Crippen molar-refractivity contribution < 1.29 is 62.6 Å².